The fraction of sp³-hybridized carbons (Fsp3) is 0.533. The molecule has 2 atom stereocenters. The van der Waals surface area contributed by atoms with E-state index in [4.69, 9.17) is 9.47 Å². The number of ether oxygens (including phenoxy) is 2. The highest BCUT2D eigenvalue weighted by Gasteiger charge is 2.27. The molecule has 1 aliphatic rings. The van der Waals surface area contributed by atoms with Crippen LogP contribution in [0.5, 0.6) is 0 Å². The Kier molecular flexibility index (Phi) is 4.97. The Morgan fingerprint density at radius 3 is 2.59 bits per heavy atom. The number of carbonyl (C=O) groups excluding carboxylic acids is 1. The van der Waals surface area contributed by atoms with Crippen molar-refractivity contribution in [2.45, 2.75) is 33.0 Å². The molecule has 0 bridgehead atoms. The standard InChI is InChI=1S/C15H20N2O5/c1-4-21-15(18)13-7-12(17(19)20)5-6-14(13)16-8-10(2)22-11(3)9-16/h5-7,10-11H,4,8-9H2,1-3H3/t10-,11+. The first-order valence-corrected chi connectivity index (χ1v) is 7.28. The van der Waals surface area contributed by atoms with Crippen LogP contribution in [0.2, 0.25) is 0 Å². The van der Waals surface area contributed by atoms with Gasteiger partial charge in [0.1, 0.15) is 0 Å². The van der Waals surface area contributed by atoms with Crippen LogP contribution in [0.4, 0.5) is 11.4 Å². The lowest BCUT2D eigenvalue weighted by Crippen LogP contribution is -2.46. The van der Waals surface area contributed by atoms with Crippen molar-refractivity contribution in [3.05, 3.63) is 33.9 Å². The van der Waals surface area contributed by atoms with Gasteiger partial charge in [-0.15, -0.1) is 0 Å². The molecule has 0 aliphatic carbocycles. The van der Waals surface area contributed by atoms with E-state index in [1.54, 1.807) is 13.0 Å². The molecule has 1 saturated heterocycles. The summed E-state index contributed by atoms with van der Waals surface area (Å²) < 4.78 is 10.7. The molecule has 0 spiro atoms. The molecule has 1 fully saturated rings. The Hall–Kier alpha value is -2.15. The van der Waals surface area contributed by atoms with Gasteiger partial charge in [-0.2, -0.15) is 0 Å². The van der Waals surface area contributed by atoms with E-state index in [2.05, 4.69) is 0 Å². The minimum Gasteiger partial charge on any atom is -0.462 e. The van der Waals surface area contributed by atoms with Gasteiger partial charge in [0.2, 0.25) is 0 Å². The average molecular weight is 308 g/mol. The fourth-order valence-electron chi connectivity index (χ4n) is 2.66. The van der Waals surface area contributed by atoms with Crippen LogP contribution in [0.1, 0.15) is 31.1 Å². The van der Waals surface area contributed by atoms with Crippen LogP contribution in [-0.2, 0) is 9.47 Å². The Balaban J connectivity index is 2.40. The lowest BCUT2D eigenvalue weighted by Gasteiger charge is -2.37. The zero-order chi connectivity index (χ0) is 16.3. The zero-order valence-corrected chi connectivity index (χ0v) is 12.9. The topological polar surface area (TPSA) is 81.9 Å². The largest absolute Gasteiger partial charge is 0.462 e. The number of hydrogen-bond donors (Lipinski definition) is 0. The summed E-state index contributed by atoms with van der Waals surface area (Å²) in [5.41, 5.74) is 0.740. The molecule has 1 heterocycles. The van der Waals surface area contributed by atoms with Crippen LogP contribution in [0, 0.1) is 10.1 Å². The number of nitro groups is 1. The van der Waals surface area contributed by atoms with Crippen molar-refractivity contribution in [3.63, 3.8) is 0 Å². The highest BCUT2D eigenvalue weighted by atomic mass is 16.6. The van der Waals surface area contributed by atoms with Gasteiger partial charge in [0.25, 0.3) is 5.69 Å². The molecule has 0 radical (unpaired) electrons. The van der Waals surface area contributed by atoms with Crippen LogP contribution in [0.3, 0.4) is 0 Å². The summed E-state index contributed by atoms with van der Waals surface area (Å²) >= 11 is 0. The van der Waals surface area contributed by atoms with Gasteiger partial charge in [0, 0.05) is 25.2 Å². The van der Waals surface area contributed by atoms with E-state index >= 15 is 0 Å². The van der Waals surface area contributed by atoms with E-state index in [1.165, 1.54) is 12.1 Å². The van der Waals surface area contributed by atoms with Gasteiger partial charge in [-0.25, -0.2) is 4.79 Å². The summed E-state index contributed by atoms with van der Waals surface area (Å²) in [4.78, 5) is 24.6. The van der Waals surface area contributed by atoms with Crippen LogP contribution >= 0.6 is 0 Å². The second kappa shape index (κ2) is 6.74. The van der Waals surface area contributed by atoms with Gasteiger partial charge in [-0.3, -0.25) is 10.1 Å². The maximum atomic E-state index is 12.1. The number of morpholine rings is 1. The summed E-state index contributed by atoms with van der Waals surface area (Å²) in [5, 5.41) is 10.9. The van der Waals surface area contributed by atoms with Crippen LogP contribution in [-0.4, -0.2) is 42.8 Å². The van der Waals surface area contributed by atoms with Crippen molar-refractivity contribution < 1.29 is 19.2 Å². The third kappa shape index (κ3) is 3.54. The first-order chi connectivity index (χ1) is 10.4. The van der Waals surface area contributed by atoms with Gasteiger partial charge in [-0.05, 0) is 26.8 Å². The molecule has 7 heteroatoms. The molecule has 1 aliphatic heterocycles. The highest BCUT2D eigenvalue weighted by Crippen LogP contribution is 2.28. The Labute approximate surface area is 129 Å². The summed E-state index contributed by atoms with van der Waals surface area (Å²) in [6.45, 7) is 7.07. The normalized spacial score (nSPS) is 21.5. The van der Waals surface area contributed by atoms with E-state index in [1.807, 2.05) is 18.7 Å². The van der Waals surface area contributed by atoms with Crippen LogP contribution in [0.15, 0.2) is 18.2 Å². The van der Waals surface area contributed by atoms with E-state index < -0.39 is 10.9 Å². The molecule has 0 N–H and O–H groups in total. The summed E-state index contributed by atoms with van der Waals surface area (Å²) in [7, 11) is 0. The van der Waals surface area contributed by atoms with Crippen molar-refractivity contribution in [1.82, 2.24) is 0 Å². The van der Waals surface area contributed by atoms with Gasteiger partial charge in [0.15, 0.2) is 0 Å². The second-order valence-electron chi connectivity index (χ2n) is 5.34. The third-order valence-corrected chi connectivity index (χ3v) is 3.45. The molecular weight excluding hydrogens is 288 g/mol. The average Bonchev–Trinajstić information content (AvgIpc) is 2.45. The van der Waals surface area contributed by atoms with E-state index in [-0.39, 0.29) is 30.1 Å². The molecule has 1 aromatic rings. The summed E-state index contributed by atoms with van der Waals surface area (Å²) in [6, 6.07) is 4.29. The molecule has 0 unspecified atom stereocenters. The summed E-state index contributed by atoms with van der Waals surface area (Å²) in [5.74, 6) is -0.548. The molecule has 2 rings (SSSR count). The molecule has 7 nitrogen and oxygen atoms in total. The van der Waals surface area contributed by atoms with Gasteiger partial charge < -0.3 is 14.4 Å². The number of rotatable bonds is 4. The maximum Gasteiger partial charge on any atom is 0.340 e. The fourth-order valence-corrected chi connectivity index (χ4v) is 2.66. The predicted octanol–water partition coefficient (Wildman–Crippen LogP) is 2.39. The maximum absolute atomic E-state index is 12.1. The Morgan fingerprint density at radius 2 is 2.05 bits per heavy atom. The minimum atomic E-state index is -0.548. The molecule has 0 aromatic heterocycles. The van der Waals surface area contributed by atoms with Gasteiger partial charge in [0.05, 0.1) is 35.0 Å². The lowest BCUT2D eigenvalue weighted by atomic mass is 10.1. The first-order valence-electron chi connectivity index (χ1n) is 7.28. The number of hydrogen-bond acceptors (Lipinski definition) is 6. The van der Waals surface area contributed by atoms with Crippen molar-refractivity contribution >= 4 is 17.3 Å². The van der Waals surface area contributed by atoms with Crippen LogP contribution < -0.4 is 4.90 Å². The number of non-ortho nitro benzene ring substituents is 1. The first kappa shape index (κ1) is 16.2. The third-order valence-electron chi connectivity index (χ3n) is 3.45. The quantitative estimate of drug-likeness (QED) is 0.482. The molecular formula is C15H20N2O5. The van der Waals surface area contributed by atoms with Crippen molar-refractivity contribution in [2.24, 2.45) is 0 Å². The van der Waals surface area contributed by atoms with Gasteiger partial charge in [-0.1, -0.05) is 0 Å². The molecule has 22 heavy (non-hydrogen) atoms. The van der Waals surface area contributed by atoms with Gasteiger partial charge >= 0.3 is 5.97 Å². The number of anilines is 1. The molecule has 120 valence electrons. The number of carbonyl (C=O) groups is 1. The monoisotopic (exact) mass is 308 g/mol. The Morgan fingerprint density at radius 1 is 1.41 bits per heavy atom. The summed E-state index contributed by atoms with van der Waals surface area (Å²) in [6.07, 6.45) is 0.0444. The molecule has 1 aromatic carbocycles. The lowest BCUT2D eigenvalue weighted by molar-refractivity contribution is -0.384. The zero-order valence-electron chi connectivity index (χ0n) is 12.9. The number of nitro benzene ring substituents is 1. The van der Waals surface area contributed by atoms with Crippen molar-refractivity contribution in [3.8, 4) is 0 Å². The predicted molar refractivity (Wildman–Crippen MR) is 81.3 cm³/mol. The number of nitrogens with zero attached hydrogens (tertiary/aromatic N) is 2. The highest BCUT2D eigenvalue weighted by molar-refractivity contribution is 5.96. The van der Waals surface area contributed by atoms with Crippen LogP contribution in [0.25, 0.3) is 0 Å². The van der Waals surface area contributed by atoms with E-state index in [0.717, 1.165) is 0 Å². The van der Waals surface area contributed by atoms with E-state index in [9.17, 15) is 14.9 Å². The van der Waals surface area contributed by atoms with Crippen molar-refractivity contribution in [2.75, 3.05) is 24.6 Å². The second-order valence-corrected chi connectivity index (χ2v) is 5.34. The number of benzene rings is 1. The van der Waals surface area contributed by atoms with Crippen molar-refractivity contribution in [1.29, 1.82) is 0 Å². The SMILES string of the molecule is CCOC(=O)c1cc([N+](=O)[O-])ccc1N1C[C@@H](C)O[C@@H](C)C1. The smallest absolute Gasteiger partial charge is 0.340 e. The van der Waals surface area contributed by atoms with E-state index in [0.29, 0.717) is 18.8 Å². The molecule has 0 saturated carbocycles. The molecule has 0 amide bonds. The minimum absolute atomic E-state index is 0.0222. The Bertz CT molecular complexity index is 565. The number of esters is 1.